The molecule has 0 saturated carbocycles. The van der Waals surface area contributed by atoms with Crippen LogP contribution in [0.25, 0.3) is 0 Å². The van der Waals surface area contributed by atoms with Gasteiger partial charge in [-0.1, -0.05) is 26.0 Å². The molecule has 1 aliphatic heterocycles. The molecule has 1 aromatic rings. The fraction of sp³-hybridized carbons (Fsp3) is 0.500. The van der Waals surface area contributed by atoms with Crippen LogP contribution < -0.4 is 4.72 Å². The highest BCUT2D eigenvalue weighted by Gasteiger charge is 2.22. The number of sulfonamides is 1. The third kappa shape index (κ3) is 3.95. The highest BCUT2D eigenvalue weighted by atomic mass is 32.2. The maximum Gasteiger partial charge on any atom is 0.409 e. The van der Waals surface area contributed by atoms with Crippen LogP contribution in [0, 0.1) is 0 Å². The summed E-state index contributed by atoms with van der Waals surface area (Å²) in [6.07, 6.45) is -0.393. The predicted molar refractivity (Wildman–Crippen MR) is 78.6 cm³/mol. The van der Waals surface area contributed by atoms with Crippen LogP contribution >= 0.6 is 0 Å². The van der Waals surface area contributed by atoms with E-state index in [1.807, 2.05) is 12.1 Å². The van der Waals surface area contributed by atoms with Crippen molar-refractivity contribution < 1.29 is 17.9 Å². The standard InChI is InChI=1S/C14H20N2O4S/c1-11(2)12-3-5-13(6-4-12)21(18,19)15-7-8-16-9-10-20-14(16)17/h3-6,11,15H,7-10H2,1-2H3. The Hall–Kier alpha value is -1.60. The van der Waals surface area contributed by atoms with Crippen LogP contribution in [-0.2, 0) is 14.8 Å². The zero-order valence-electron chi connectivity index (χ0n) is 12.2. The summed E-state index contributed by atoms with van der Waals surface area (Å²) >= 11 is 0. The molecule has 0 radical (unpaired) electrons. The fourth-order valence-electron chi connectivity index (χ4n) is 2.06. The third-order valence-corrected chi connectivity index (χ3v) is 4.85. The molecule has 1 amide bonds. The maximum atomic E-state index is 12.1. The van der Waals surface area contributed by atoms with Crippen LogP contribution in [0.15, 0.2) is 29.2 Å². The number of amides is 1. The highest BCUT2D eigenvalue weighted by molar-refractivity contribution is 7.89. The van der Waals surface area contributed by atoms with Gasteiger partial charge >= 0.3 is 6.09 Å². The van der Waals surface area contributed by atoms with Crippen LogP contribution in [-0.4, -0.2) is 45.7 Å². The molecule has 21 heavy (non-hydrogen) atoms. The van der Waals surface area contributed by atoms with Gasteiger partial charge < -0.3 is 9.64 Å². The number of carbonyl (C=O) groups excluding carboxylic acids is 1. The lowest BCUT2D eigenvalue weighted by molar-refractivity contribution is 0.159. The summed E-state index contributed by atoms with van der Waals surface area (Å²) in [5.41, 5.74) is 1.09. The first-order valence-electron chi connectivity index (χ1n) is 6.91. The van der Waals surface area contributed by atoms with Crippen molar-refractivity contribution in [3.63, 3.8) is 0 Å². The van der Waals surface area contributed by atoms with Gasteiger partial charge in [0.15, 0.2) is 0 Å². The lowest BCUT2D eigenvalue weighted by Gasteiger charge is -2.13. The Morgan fingerprint density at radius 3 is 2.48 bits per heavy atom. The third-order valence-electron chi connectivity index (χ3n) is 3.38. The molecule has 1 aromatic carbocycles. The van der Waals surface area contributed by atoms with Gasteiger partial charge in [-0.05, 0) is 23.6 Å². The van der Waals surface area contributed by atoms with Gasteiger partial charge in [-0.3, -0.25) is 0 Å². The Labute approximate surface area is 125 Å². The zero-order chi connectivity index (χ0) is 15.5. The van der Waals surface area contributed by atoms with E-state index in [-0.39, 0.29) is 11.4 Å². The molecule has 6 nitrogen and oxygen atoms in total. The van der Waals surface area contributed by atoms with Crippen molar-refractivity contribution in [1.82, 2.24) is 9.62 Å². The normalized spacial score (nSPS) is 15.6. The summed E-state index contributed by atoms with van der Waals surface area (Å²) in [6.45, 7) is 5.45. The van der Waals surface area contributed by atoms with E-state index in [1.165, 1.54) is 4.90 Å². The van der Waals surface area contributed by atoms with Gasteiger partial charge in [-0.15, -0.1) is 0 Å². The molecule has 1 aliphatic rings. The first-order valence-corrected chi connectivity index (χ1v) is 8.40. The molecular weight excluding hydrogens is 292 g/mol. The second-order valence-electron chi connectivity index (χ2n) is 5.22. The minimum absolute atomic E-state index is 0.170. The second kappa shape index (κ2) is 6.44. The van der Waals surface area contributed by atoms with Crippen molar-refractivity contribution in [2.45, 2.75) is 24.7 Å². The Kier molecular flexibility index (Phi) is 4.84. The van der Waals surface area contributed by atoms with E-state index < -0.39 is 16.1 Å². The van der Waals surface area contributed by atoms with Crippen molar-refractivity contribution in [3.05, 3.63) is 29.8 Å². The largest absolute Gasteiger partial charge is 0.448 e. The molecule has 0 spiro atoms. The number of ether oxygens (including phenoxy) is 1. The summed E-state index contributed by atoms with van der Waals surface area (Å²) in [7, 11) is -3.54. The number of hydrogen-bond acceptors (Lipinski definition) is 4. The number of nitrogens with one attached hydrogen (secondary N) is 1. The smallest absolute Gasteiger partial charge is 0.409 e. The summed E-state index contributed by atoms with van der Waals surface area (Å²) in [6, 6.07) is 6.83. The zero-order valence-corrected chi connectivity index (χ0v) is 13.0. The Balaban J connectivity index is 1.93. The lowest BCUT2D eigenvalue weighted by atomic mass is 10.0. The average molecular weight is 312 g/mol. The number of hydrogen-bond donors (Lipinski definition) is 1. The molecule has 0 atom stereocenters. The minimum Gasteiger partial charge on any atom is -0.448 e. The number of carbonyl (C=O) groups is 1. The molecular formula is C14H20N2O4S. The van der Waals surface area contributed by atoms with Gasteiger partial charge in [0.25, 0.3) is 0 Å². The number of nitrogens with zero attached hydrogens (tertiary/aromatic N) is 1. The highest BCUT2D eigenvalue weighted by Crippen LogP contribution is 2.17. The van der Waals surface area contributed by atoms with Crippen LogP contribution in [0.3, 0.4) is 0 Å². The molecule has 0 unspecified atom stereocenters. The Morgan fingerprint density at radius 1 is 1.29 bits per heavy atom. The molecule has 1 heterocycles. The number of benzene rings is 1. The second-order valence-corrected chi connectivity index (χ2v) is 6.99. The molecule has 1 fully saturated rings. The van der Waals surface area contributed by atoms with Crippen molar-refractivity contribution in [1.29, 1.82) is 0 Å². The first-order chi connectivity index (χ1) is 9.90. The quantitative estimate of drug-likeness (QED) is 0.864. The van der Waals surface area contributed by atoms with E-state index in [0.29, 0.717) is 25.6 Å². The lowest BCUT2D eigenvalue weighted by Crippen LogP contribution is -2.35. The van der Waals surface area contributed by atoms with Crippen molar-refractivity contribution in [2.24, 2.45) is 0 Å². The number of cyclic esters (lactones) is 1. The Bertz CT molecular complexity index is 596. The summed E-state index contributed by atoms with van der Waals surface area (Å²) in [5, 5.41) is 0. The molecule has 2 rings (SSSR count). The molecule has 1 N–H and O–H groups in total. The first kappa shape index (κ1) is 15.8. The van der Waals surface area contributed by atoms with E-state index in [4.69, 9.17) is 4.74 Å². The van der Waals surface area contributed by atoms with E-state index in [2.05, 4.69) is 18.6 Å². The van der Waals surface area contributed by atoms with Crippen LogP contribution in [0.5, 0.6) is 0 Å². The molecule has 0 bridgehead atoms. The topological polar surface area (TPSA) is 75.7 Å². The number of rotatable bonds is 6. The Morgan fingerprint density at radius 2 is 1.95 bits per heavy atom. The molecule has 1 saturated heterocycles. The molecule has 0 aromatic heterocycles. The van der Waals surface area contributed by atoms with E-state index in [9.17, 15) is 13.2 Å². The fourth-order valence-corrected chi connectivity index (χ4v) is 3.08. The van der Waals surface area contributed by atoms with Crippen molar-refractivity contribution in [3.8, 4) is 0 Å². The van der Waals surface area contributed by atoms with E-state index in [1.54, 1.807) is 12.1 Å². The van der Waals surface area contributed by atoms with Crippen LogP contribution in [0.1, 0.15) is 25.3 Å². The van der Waals surface area contributed by atoms with E-state index in [0.717, 1.165) is 5.56 Å². The van der Waals surface area contributed by atoms with Gasteiger partial charge in [0.05, 0.1) is 11.4 Å². The predicted octanol–water partition coefficient (Wildman–Crippen LogP) is 1.54. The maximum absolute atomic E-state index is 12.1. The molecule has 7 heteroatoms. The van der Waals surface area contributed by atoms with Crippen LogP contribution in [0.2, 0.25) is 0 Å². The van der Waals surface area contributed by atoms with Gasteiger partial charge in [-0.2, -0.15) is 0 Å². The summed E-state index contributed by atoms with van der Waals surface area (Å²) in [4.78, 5) is 12.9. The monoisotopic (exact) mass is 312 g/mol. The summed E-state index contributed by atoms with van der Waals surface area (Å²) < 4.78 is 31.5. The van der Waals surface area contributed by atoms with Crippen molar-refractivity contribution >= 4 is 16.1 Å². The van der Waals surface area contributed by atoms with Gasteiger partial charge in [0, 0.05) is 13.1 Å². The van der Waals surface area contributed by atoms with E-state index >= 15 is 0 Å². The summed E-state index contributed by atoms with van der Waals surface area (Å²) in [5.74, 6) is 0.357. The van der Waals surface area contributed by atoms with Gasteiger partial charge in [0.2, 0.25) is 10.0 Å². The average Bonchev–Trinajstić information content (AvgIpc) is 2.84. The minimum atomic E-state index is -3.54. The van der Waals surface area contributed by atoms with Crippen molar-refractivity contribution in [2.75, 3.05) is 26.2 Å². The van der Waals surface area contributed by atoms with Crippen LogP contribution in [0.4, 0.5) is 4.79 Å². The van der Waals surface area contributed by atoms with Gasteiger partial charge in [0.1, 0.15) is 6.61 Å². The van der Waals surface area contributed by atoms with Gasteiger partial charge in [-0.25, -0.2) is 17.9 Å². The SMILES string of the molecule is CC(C)c1ccc(S(=O)(=O)NCCN2CCOC2=O)cc1. The molecule has 0 aliphatic carbocycles. The molecule has 116 valence electrons.